The van der Waals surface area contributed by atoms with Gasteiger partial charge in [-0.15, -0.1) is 0 Å². The van der Waals surface area contributed by atoms with Crippen LogP contribution in [0.2, 0.25) is 0 Å². The average Bonchev–Trinajstić information content (AvgIpc) is 3.27. The van der Waals surface area contributed by atoms with Crippen LogP contribution in [0, 0.1) is 0 Å². The number of rotatable bonds is 11. The Balaban J connectivity index is 1.36. The molecule has 2 aromatic rings. The monoisotopic (exact) mass is 461 g/mol. The number of hydrogen-bond acceptors (Lipinski definition) is 9. The zero-order valence-corrected chi connectivity index (χ0v) is 19.5. The van der Waals surface area contributed by atoms with Crippen LogP contribution in [0.3, 0.4) is 0 Å². The highest BCUT2D eigenvalue weighted by Gasteiger charge is 2.20. The van der Waals surface area contributed by atoms with Gasteiger partial charge in [-0.2, -0.15) is 4.37 Å². The molecule has 1 aromatic heterocycles. The predicted molar refractivity (Wildman–Crippen MR) is 123 cm³/mol. The third kappa shape index (κ3) is 7.45. The maximum atomic E-state index is 11.8. The maximum absolute atomic E-state index is 11.8. The number of aromatic nitrogens is 2. The van der Waals surface area contributed by atoms with Gasteiger partial charge in [0.15, 0.2) is 0 Å². The molecule has 1 aliphatic heterocycles. The molecule has 0 radical (unpaired) electrons. The Labute approximate surface area is 192 Å². The average molecular weight is 462 g/mol. The van der Waals surface area contributed by atoms with E-state index in [9.17, 15) is 9.59 Å². The number of nitrogens with zero attached hydrogens (tertiary/aromatic N) is 4. The number of methoxy groups -OCH3 is 1. The second-order valence-corrected chi connectivity index (χ2v) is 8.24. The molecular formula is C22H31N5O4S. The Bertz CT molecular complexity index is 883. The summed E-state index contributed by atoms with van der Waals surface area (Å²) >= 11 is 1.44. The molecule has 32 heavy (non-hydrogen) atoms. The van der Waals surface area contributed by atoms with Crippen molar-refractivity contribution >= 4 is 28.5 Å². The van der Waals surface area contributed by atoms with Crippen LogP contribution in [-0.2, 0) is 20.7 Å². The fourth-order valence-corrected chi connectivity index (χ4v) is 4.20. The third-order valence-electron chi connectivity index (χ3n) is 5.21. The zero-order valence-electron chi connectivity index (χ0n) is 18.7. The van der Waals surface area contributed by atoms with Crippen LogP contribution in [0.1, 0.15) is 31.2 Å². The molecule has 0 atom stereocenters. The fourth-order valence-electron chi connectivity index (χ4n) is 3.46. The normalized spacial score (nSPS) is 14.2. The van der Waals surface area contributed by atoms with E-state index in [-0.39, 0.29) is 24.7 Å². The number of esters is 1. The first-order valence-corrected chi connectivity index (χ1v) is 11.7. The molecule has 10 heteroatoms. The lowest BCUT2D eigenvalue weighted by atomic mass is 10.1. The van der Waals surface area contributed by atoms with Gasteiger partial charge in [0.2, 0.25) is 11.0 Å². The van der Waals surface area contributed by atoms with Crippen LogP contribution in [0.5, 0.6) is 5.75 Å². The smallest absolute Gasteiger partial charge is 0.306 e. The molecule has 1 fully saturated rings. The molecule has 0 bridgehead atoms. The van der Waals surface area contributed by atoms with E-state index in [1.165, 1.54) is 11.5 Å². The van der Waals surface area contributed by atoms with Crippen LogP contribution >= 0.6 is 11.5 Å². The topological polar surface area (TPSA) is 96.9 Å². The molecule has 2 heterocycles. The Morgan fingerprint density at radius 3 is 2.75 bits per heavy atom. The molecule has 0 unspecified atom stereocenters. The summed E-state index contributed by atoms with van der Waals surface area (Å²) in [4.78, 5) is 32.4. The number of benzene rings is 1. The van der Waals surface area contributed by atoms with Crippen molar-refractivity contribution in [2.75, 3.05) is 57.9 Å². The van der Waals surface area contributed by atoms with Gasteiger partial charge in [-0.3, -0.25) is 14.5 Å². The number of hydrogen-bond donors (Lipinski definition) is 1. The first-order chi connectivity index (χ1) is 15.6. The van der Waals surface area contributed by atoms with Gasteiger partial charge in [0, 0.05) is 63.6 Å². The van der Waals surface area contributed by atoms with Crippen molar-refractivity contribution < 1.29 is 19.1 Å². The summed E-state index contributed by atoms with van der Waals surface area (Å²) < 4.78 is 14.6. The number of amides is 1. The van der Waals surface area contributed by atoms with Gasteiger partial charge in [0.25, 0.3) is 0 Å². The van der Waals surface area contributed by atoms with E-state index in [1.807, 2.05) is 18.2 Å². The molecule has 174 valence electrons. The van der Waals surface area contributed by atoms with Gasteiger partial charge in [0.05, 0.1) is 20.1 Å². The second-order valence-electron chi connectivity index (χ2n) is 7.51. The molecule has 3 rings (SSSR count). The quantitative estimate of drug-likeness (QED) is 0.506. The summed E-state index contributed by atoms with van der Waals surface area (Å²) in [6, 6.07) is 7.97. The van der Waals surface area contributed by atoms with Crippen LogP contribution in [-0.4, -0.2) is 79.1 Å². The first kappa shape index (κ1) is 23.9. The van der Waals surface area contributed by atoms with Crippen molar-refractivity contribution in [2.24, 2.45) is 0 Å². The minimum Gasteiger partial charge on any atom is -0.497 e. The second kappa shape index (κ2) is 12.4. The molecule has 1 amide bonds. The van der Waals surface area contributed by atoms with Gasteiger partial charge in [0.1, 0.15) is 11.6 Å². The van der Waals surface area contributed by atoms with E-state index in [0.29, 0.717) is 19.6 Å². The fraction of sp³-hybridized carbons (Fsp3) is 0.545. The number of carbonyl (C=O) groups is 2. The summed E-state index contributed by atoms with van der Waals surface area (Å²) in [6.07, 6.45) is 0.977. The molecule has 0 spiro atoms. The maximum Gasteiger partial charge on any atom is 0.306 e. The van der Waals surface area contributed by atoms with Gasteiger partial charge in [-0.05, 0) is 24.6 Å². The van der Waals surface area contributed by atoms with Crippen molar-refractivity contribution in [3.8, 4) is 5.75 Å². The number of anilines is 1. The van der Waals surface area contributed by atoms with E-state index < -0.39 is 0 Å². The molecule has 1 N–H and O–H groups in total. The van der Waals surface area contributed by atoms with Crippen LogP contribution in [0.25, 0.3) is 0 Å². The lowest BCUT2D eigenvalue weighted by Crippen LogP contribution is -2.48. The molecule has 1 aliphatic rings. The van der Waals surface area contributed by atoms with E-state index in [2.05, 4.69) is 25.6 Å². The number of nitrogens with one attached hydrogen (secondary N) is 1. The van der Waals surface area contributed by atoms with Crippen molar-refractivity contribution in [1.29, 1.82) is 0 Å². The van der Waals surface area contributed by atoms with Crippen molar-refractivity contribution in [3.63, 3.8) is 0 Å². The highest BCUT2D eigenvalue weighted by Crippen LogP contribution is 2.21. The molecular weight excluding hydrogens is 430 g/mol. The van der Waals surface area contributed by atoms with Crippen LogP contribution in [0.4, 0.5) is 5.13 Å². The minimum atomic E-state index is -0.331. The van der Waals surface area contributed by atoms with Crippen molar-refractivity contribution in [2.45, 2.75) is 26.2 Å². The standard InChI is InChI=1S/C22H31N5O4S/c1-3-31-21(29)8-7-20(28)23-9-10-26-11-13-27(14-12-26)22-24-19(25-32-22)16-17-5-4-6-18(15-17)30-2/h4-6,15H,3,7-14,16H2,1-2H3,(H,23,28). The Morgan fingerprint density at radius 1 is 1.19 bits per heavy atom. The summed E-state index contributed by atoms with van der Waals surface area (Å²) in [5, 5.41) is 3.83. The molecule has 0 saturated carbocycles. The Hall–Kier alpha value is -2.72. The van der Waals surface area contributed by atoms with Crippen molar-refractivity contribution in [1.82, 2.24) is 19.6 Å². The molecule has 0 aliphatic carbocycles. The number of carbonyl (C=O) groups excluding carboxylic acids is 2. The number of piperazine rings is 1. The first-order valence-electron chi connectivity index (χ1n) is 10.9. The highest BCUT2D eigenvalue weighted by atomic mass is 32.1. The predicted octanol–water partition coefficient (Wildman–Crippen LogP) is 1.72. The summed E-state index contributed by atoms with van der Waals surface area (Å²) in [5.74, 6) is 1.21. The lowest BCUT2D eigenvalue weighted by molar-refractivity contribution is -0.144. The van der Waals surface area contributed by atoms with E-state index >= 15 is 0 Å². The zero-order chi connectivity index (χ0) is 22.8. The molecule has 1 saturated heterocycles. The largest absolute Gasteiger partial charge is 0.497 e. The van der Waals surface area contributed by atoms with Crippen LogP contribution < -0.4 is 15.0 Å². The summed E-state index contributed by atoms with van der Waals surface area (Å²) in [7, 11) is 1.66. The Kier molecular flexibility index (Phi) is 9.24. The minimum absolute atomic E-state index is 0.117. The van der Waals surface area contributed by atoms with Crippen LogP contribution in [0.15, 0.2) is 24.3 Å². The molecule has 1 aromatic carbocycles. The van der Waals surface area contributed by atoms with Gasteiger partial charge in [-0.1, -0.05) is 12.1 Å². The lowest BCUT2D eigenvalue weighted by Gasteiger charge is -2.34. The van der Waals surface area contributed by atoms with E-state index in [0.717, 1.165) is 55.0 Å². The van der Waals surface area contributed by atoms with Gasteiger partial charge >= 0.3 is 5.97 Å². The number of ether oxygens (including phenoxy) is 2. The van der Waals surface area contributed by atoms with E-state index in [1.54, 1.807) is 14.0 Å². The third-order valence-corrected chi connectivity index (χ3v) is 6.02. The van der Waals surface area contributed by atoms with Crippen molar-refractivity contribution in [3.05, 3.63) is 35.7 Å². The summed E-state index contributed by atoms with van der Waals surface area (Å²) in [6.45, 7) is 7.03. The molecule has 9 nitrogen and oxygen atoms in total. The van der Waals surface area contributed by atoms with E-state index in [4.69, 9.17) is 14.5 Å². The Morgan fingerprint density at radius 2 is 2.00 bits per heavy atom. The SMILES string of the molecule is CCOC(=O)CCC(=O)NCCN1CCN(c2nc(Cc3cccc(OC)c3)ns2)CC1. The van der Waals surface area contributed by atoms with Gasteiger partial charge in [-0.25, -0.2) is 4.98 Å². The van der Waals surface area contributed by atoms with Gasteiger partial charge < -0.3 is 19.7 Å². The summed E-state index contributed by atoms with van der Waals surface area (Å²) in [5.41, 5.74) is 1.13. The highest BCUT2D eigenvalue weighted by molar-refractivity contribution is 7.09.